The maximum absolute atomic E-state index is 12.3. The zero-order chi connectivity index (χ0) is 20.5. The van der Waals surface area contributed by atoms with Gasteiger partial charge in [0, 0.05) is 30.2 Å². The van der Waals surface area contributed by atoms with E-state index in [2.05, 4.69) is 26.2 Å². The predicted octanol–water partition coefficient (Wildman–Crippen LogP) is 4.01. The summed E-state index contributed by atoms with van der Waals surface area (Å²) >= 11 is 3.50. The number of nitrogens with zero attached hydrogens (tertiary/aromatic N) is 2. The van der Waals surface area contributed by atoms with Gasteiger partial charge < -0.3 is 20.7 Å². The minimum Gasteiger partial charge on any atom is -0.491 e. The van der Waals surface area contributed by atoms with Crippen LogP contribution in [0.1, 0.15) is 25.8 Å². The molecular formula is C21H27BrN4O2. The Kier molecular flexibility index (Phi) is 8.32. The number of carbonyl (C=O) groups is 1. The molecule has 0 heterocycles. The fourth-order valence-electron chi connectivity index (χ4n) is 2.51. The fourth-order valence-corrected chi connectivity index (χ4v) is 2.92. The van der Waals surface area contributed by atoms with Crippen LogP contribution in [0.4, 0.5) is 5.69 Å². The molecule has 28 heavy (non-hydrogen) atoms. The number of carbonyl (C=O) groups excluding carboxylic acids is 1. The van der Waals surface area contributed by atoms with Crippen LogP contribution in [0.15, 0.2) is 58.0 Å². The van der Waals surface area contributed by atoms with Crippen LogP contribution in [0.5, 0.6) is 5.75 Å². The summed E-state index contributed by atoms with van der Waals surface area (Å²) in [4.78, 5) is 18.2. The molecule has 0 aliphatic carbocycles. The van der Waals surface area contributed by atoms with E-state index in [0.29, 0.717) is 19.5 Å². The van der Waals surface area contributed by atoms with E-state index in [1.165, 1.54) is 0 Å². The van der Waals surface area contributed by atoms with Gasteiger partial charge in [-0.3, -0.25) is 9.79 Å². The smallest absolute Gasteiger partial charge is 0.224 e. The molecule has 6 nitrogen and oxygen atoms in total. The lowest BCUT2D eigenvalue weighted by Crippen LogP contribution is -2.28. The van der Waals surface area contributed by atoms with Crippen molar-refractivity contribution in [3.8, 4) is 5.75 Å². The van der Waals surface area contributed by atoms with Gasteiger partial charge in [-0.1, -0.05) is 34.1 Å². The van der Waals surface area contributed by atoms with Crippen molar-refractivity contribution in [1.82, 2.24) is 4.90 Å². The maximum atomic E-state index is 12.3. The normalized spacial score (nSPS) is 11.4. The van der Waals surface area contributed by atoms with Crippen LogP contribution in [0.2, 0.25) is 0 Å². The van der Waals surface area contributed by atoms with Crippen LogP contribution in [0.3, 0.4) is 0 Å². The lowest BCUT2D eigenvalue weighted by molar-refractivity contribution is -0.130. The van der Waals surface area contributed by atoms with Crippen molar-refractivity contribution in [2.45, 2.75) is 32.9 Å². The third-order valence-corrected chi connectivity index (χ3v) is 4.67. The summed E-state index contributed by atoms with van der Waals surface area (Å²) in [6, 6.07) is 15.3. The Hall–Kier alpha value is -2.54. The largest absolute Gasteiger partial charge is 0.491 e. The van der Waals surface area contributed by atoms with E-state index < -0.39 is 0 Å². The second-order valence-corrected chi connectivity index (χ2v) is 7.53. The van der Waals surface area contributed by atoms with Gasteiger partial charge in [-0.25, -0.2) is 0 Å². The van der Waals surface area contributed by atoms with Gasteiger partial charge in [0.05, 0.1) is 12.6 Å². The van der Waals surface area contributed by atoms with Gasteiger partial charge in [-0.15, -0.1) is 0 Å². The minimum absolute atomic E-state index is 0.0162. The number of aliphatic imine (C=N–C) groups is 1. The van der Waals surface area contributed by atoms with E-state index in [1.807, 2.05) is 62.4 Å². The highest BCUT2D eigenvalue weighted by Gasteiger charge is 2.10. The van der Waals surface area contributed by atoms with Crippen LogP contribution in [-0.2, 0) is 11.3 Å². The Balaban J connectivity index is 1.79. The number of hydrogen-bond acceptors (Lipinski definition) is 3. The van der Waals surface area contributed by atoms with E-state index in [4.69, 9.17) is 10.5 Å². The van der Waals surface area contributed by atoms with Crippen LogP contribution < -0.4 is 15.8 Å². The molecule has 2 rings (SSSR count). The zero-order valence-corrected chi connectivity index (χ0v) is 18.1. The first kappa shape index (κ1) is 21.8. The molecule has 2 aromatic rings. The van der Waals surface area contributed by atoms with Gasteiger partial charge in [0.1, 0.15) is 5.75 Å². The van der Waals surface area contributed by atoms with Crippen molar-refractivity contribution >= 4 is 33.5 Å². The van der Waals surface area contributed by atoms with Crippen LogP contribution in [-0.4, -0.2) is 36.5 Å². The second kappa shape index (κ2) is 10.7. The molecule has 0 bridgehead atoms. The van der Waals surface area contributed by atoms with Gasteiger partial charge in [0.2, 0.25) is 5.91 Å². The number of nitrogens with one attached hydrogen (secondary N) is 1. The Labute approximate surface area is 174 Å². The molecular weight excluding hydrogens is 420 g/mol. The lowest BCUT2D eigenvalue weighted by Gasteiger charge is -2.17. The van der Waals surface area contributed by atoms with E-state index in [9.17, 15) is 4.79 Å². The standard InChI is InChI=1S/C21H27BrN4O2/c1-15(2)28-18-10-8-17(9-11-18)25-21(23)24-13-12-20(27)26(3)14-16-6-4-5-7-19(16)22/h4-11,15H,12-14H2,1-3H3,(H3,23,24,25). The number of halogens is 1. The first-order chi connectivity index (χ1) is 13.3. The molecule has 1 amide bonds. The Morgan fingerprint density at radius 2 is 1.89 bits per heavy atom. The van der Waals surface area contributed by atoms with Crippen molar-refractivity contribution in [3.05, 3.63) is 58.6 Å². The number of guanidine groups is 1. The second-order valence-electron chi connectivity index (χ2n) is 6.67. The molecule has 0 radical (unpaired) electrons. The van der Waals surface area contributed by atoms with Crippen molar-refractivity contribution in [3.63, 3.8) is 0 Å². The van der Waals surface area contributed by atoms with Crippen molar-refractivity contribution < 1.29 is 9.53 Å². The molecule has 150 valence electrons. The minimum atomic E-state index is 0.0162. The predicted molar refractivity (Wildman–Crippen MR) is 118 cm³/mol. The molecule has 0 spiro atoms. The molecule has 7 heteroatoms. The highest BCUT2D eigenvalue weighted by atomic mass is 79.9. The first-order valence-electron chi connectivity index (χ1n) is 9.16. The fraction of sp³-hybridized carbons (Fsp3) is 0.333. The van der Waals surface area contributed by atoms with Gasteiger partial charge in [-0.2, -0.15) is 0 Å². The molecule has 2 aromatic carbocycles. The SMILES string of the molecule is CC(C)Oc1ccc(NC(N)=NCCC(=O)N(C)Cc2ccccc2Br)cc1. The Morgan fingerprint density at radius 1 is 1.21 bits per heavy atom. The molecule has 0 saturated carbocycles. The topological polar surface area (TPSA) is 80.0 Å². The van der Waals surface area contributed by atoms with Crippen molar-refractivity contribution in [2.24, 2.45) is 10.7 Å². The van der Waals surface area contributed by atoms with E-state index in [0.717, 1.165) is 21.5 Å². The quantitative estimate of drug-likeness (QED) is 0.474. The van der Waals surface area contributed by atoms with Crippen molar-refractivity contribution in [2.75, 3.05) is 18.9 Å². The summed E-state index contributed by atoms with van der Waals surface area (Å²) in [5, 5.41) is 3.01. The molecule has 0 aliphatic rings. The lowest BCUT2D eigenvalue weighted by atomic mass is 10.2. The van der Waals surface area contributed by atoms with Crippen LogP contribution >= 0.6 is 15.9 Å². The van der Waals surface area contributed by atoms with E-state index in [-0.39, 0.29) is 18.0 Å². The molecule has 0 atom stereocenters. The molecule has 3 N–H and O–H groups in total. The highest BCUT2D eigenvalue weighted by Crippen LogP contribution is 2.18. The monoisotopic (exact) mass is 446 g/mol. The number of nitrogens with two attached hydrogens (primary N) is 1. The summed E-state index contributed by atoms with van der Waals surface area (Å²) < 4.78 is 6.59. The summed E-state index contributed by atoms with van der Waals surface area (Å²) in [6.45, 7) is 4.83. The Bertz CT molecular complexity index is 806. The first-order valence-corrected chi connectivity index (χ1v) is 9.95. The van der Waals surface area contributed by atoms with Crippen LogP contribution in [0.25, 0.3) is 0 Å². The molecule has 0 unspecified atom stereocenters. The van der Waals surface area contributed by atoms with Crippen molar-refractivity contribution in [1.29, 1.82) is 0 Å². The van der Waals surface area contributed by atoms with Gasteiger partial charge in [0.25, 0.3) is 0 Å². The third kappa shape index (κ3) is 7.23. The average Bonchev–Trinajstić information content (AvgIpc) is 2.64. The Morgan fingerprint density at radius 3 is 2.54 bits per heavy atom. The van der Waals surface area contributed by atoms with E-state index >= 15 is 0 Å². The number of anilines is 1. The van der Waals surface area contributed by atoms with Crippen LogP contribution in [0, 0.1) is 0 Å². The third-order valence-electron chi connectivity index (χ3n) is 3.90. The zero-order valence-electron chi connectivity index (χ0n) is 16.5. The number of ether oxygens (including phenoxy) is 1. The number of benzene rings is 2. The summed E-state index contributed by atoms with van der Waals surface area (Å²) in [7, 11) is 1.79. The summed E-state index contributed by atoms with van der Waals surface area (Å²) in [5.74, 6) is 1.09. The molecule has 0 aromatic heterocycles. The van der Waals surface area contributed by atoms with E-state index in [1.54, 1.807) is 11.9 Å². The van der Waals surface area contributed by atoms with Gasteiger partial charge in [0.15, 0.2) is 5.96 Å². The highest BCUT2D eigenvalue weighted by molar-refractivity contribution is 9.10. The number of rotatable bonds is 8. The maximum Gasteiger partial charge on any atom is 0.224 e. The molecule has 0 fully saturated rings. The molecule has 0 saturated heterocycles. The summed E-state index contributed by atoms with van der Waals surface area (Å²) in [6.07, 6.45) is 0.425. The average molecular weight is 447 g/mol. The summed E-state index contributed by atoms with van der Waals surface area (Å²) in [5.41, 5.74) is 7.78. The van der Waals surface area contributed by atoms with Gasteiger partial charge >= 0.3 is 0 Å². The van der Waals surface area contributed by atoms with Gasteiger partial charge in [-0.05, 0) is 49.7 Å². The number of amides is 1. The number of hydrogen-bond donors (Lipinski definition) is 2. The molecule has 0 aliphatic heterocycles.